The fourth-order valence-electron chi connectivity index (χ4n) is 3.57. The maximum Gasteiger partial charge on any atom is 0.148 e. The highest BCUT2D eigenvalue weighted by atomic mass is 32.2. The van der Waals surface area contributed by atoms with E-state index < -0.39 is 11.4 Å². The van der Waals surface area contributed by atoms with Gasteiger partial charge < -0.3 is 14.6 Å². The fraction of sp³-hybridized carbons (Fsp3) is 0.611. The number of nitrogens with zero attached hydrogens (tertiary/aromatic N) is 4. The number of halogens is 1. The van der Waals surface area contributed by atoms with Crippen molar-refractivity contribution in [3.05, 3.63) is 30.2 Å². The molecule has 1 unspecified atom stereocenters. The SMILES string of the molecule is CCN(CCN1CCC(n2ncc3cc(F)ccc32)CC1)[S+]([O-])CCO. The lowest BCUT2D eigenvalue weighted by Crippen LogP contribution is -2.42. The molecule has 8 heteroatoms. The molecule has 26 heavy (non-hydrogen) atoms. The molecular formula is C18H27FN4O2S. The molecule has 2 aromatic rings. The Morgan fingerprint density at radius 1 is 1.38 bits per heavy atom. The zero-order chi connectivity index (χ0) is 18.5. The van der Waals surface area contributed by atoms with E-state index in [0.717, 1.165) is 56.5 Å². The lowest BCUT2D eigenvalue weighted by Gasteiger charge is -2.33. The Bertz CT molecular complexity index is 706. The number of aliphatic hydroxyl groups is 1. The minimum atomic E-state index is -1.10. The van der Waals surface area contributed by atoms with Gasteiger partial charge in [0, 0.05) is 42.9 Å². The van der Waals surface area contributed by atoms with Crippen molar-refractivity contribution in [3.63, 3.8) is 0 Å². The molecule has 1 aromatic carbocycles. The summed E-state index contributed by atoms with van der Waals surface area (Å²) in [6, 6.07) is 5.15. The van der Waals surface area contributed by atoms with Gasteiger partial charge in [0.15, 0.2) is 0 Å². The molecule has 0 saturated carbocycles. The molecule has 0 radical (unpaired) electrons. The minimum Gasteiger partial charge on any atom is -0.598 e. The van der Waals surface area contributed by atoms with Crippen LogP contribution in [0.2, 0.25) is 0 Å². The topological polar surface area (TPSA) is 67.6 Å². The number of hydrogen-bond donors (Lipinski definition) is 1. The van der Waals surface area contributed by atoms with E-state index in [2.05, 4.69) is 10.00 Å². The molecule has 1 aliphatic rings. The average Bonchev–Trinajstić information content (AvgIpc) is 3.06. The molecule has 2 heterocycles. The first-order valence-corrected chi connectivity index (χ1v) is 10.5. The summed E-state index contributed by atoms with van der Waals surface area (Å²) in [7, 11) is 0. The van der Waals surface area contributed by atoms with Crippen molar-refractivity contribution in [2.45, 2.75) is 25.8 Å². The van der Waals surface area contributed by atoms with Gasteiger partial charge in [-0.2, -0.15) is 5.10 Å². The number of aromatic nitrogens is 2. The number of fused-ring (bicyclic) bond motifs is 1. The van der Waals surface area contributed by atoms with Gasteiger partial charge in [0.1, 0.15) is 11.6 Å². The van der Waals surface area contributed by atoms with Gasteiger partial charge in [-0.25, -0.2) is 4.39 Å². The summed E-state index contributed by atoms with van der Waals surface area (Å²) in [5.74, 6) is 0.0778. The Kier molecular flexibility index (Phi) is 6.88. The molecule has 3 rings (SSSR count). The molecule has 0 amide bonds. The summed E-state index contributed by atoms with van der Waals surface area (Å²) < 4.78 is 29.3. The number of rotatable bonds is 8. The number of piperidine rings is 1. The molecule has 6 nitrogen and oxygen atoms in total. The first kappa shape index (κ1) is 19.6. The molecule has 1 atom stereocenters. The molecule has 1 fully saturated rings. The first-order chi connectivity index (χ1) is 12.6. The van der Waals surface area contributed by atoms with Crippen molar-refractivity contribution < 1.29 is 14.0 Å². The summed E-state index contributed by atoms with van der Waals surface area (Å²) in [4.78, 5) is 2.39. The third kappa shape index (κ3) is 4.55. The highest BCUT2D eigenvalue weighted by Gasteiger charge is 2.24. The van der Waals surface area contributed by atoms with Crippen LogP contribution in [0.15, 0.2) is 24.4 Å². The molecular weight excluding hydrogens is 355 g/mol. The molecule has 144 valence electrons. The van der Waals surface area contributed by atoms with Crippen LogP contribution in [-0.4, -0.2) is 73.7 Å². The number of likely N-dealkylation sites (N-methyl/N-ethyl adjacent to an activating group) is 1. The second-order valence-corrected chi connectivity index (χ2v) is 8.20. The summed E-state index contributed by atoms with van der Waals surface area (Å²) in [5, 5.41) is 14.3. The van der Waals surface area contributed by atoms with Gasteiger partial charge in [-0.05, 0) is 38.0 Å². The monoisotopic (exact) mass is 382 g/mol. The Labute approximate surface area is 156 Å². The average molecular weight is 383 g/mol. The lowest BCUT2D eigenvalue weighted by atomic mass is 10.0. The Hall–Kier alpha value is -1.19. The lowest BCUT2D eigenvalue weighted by molar-refractivity contribution is 0.173. The van der Waals surface area contributed by atoms with Gasteiger partial charge in [-0.3, -0.25) is 4.68 Å². The zero-order valence-electron chi connectivity index (χ0n) is 15.2. The van der Waals surface area contributed by atoms with Crippen LogP contribution in [-0.2, 0) is 11.4 Å². The van der Waals surface area contributed by atoms with Crippen molar-refractivity contribution >= 4 is 22.3 Å². The first-order valence-electron chi connectivity index (χ1n) is 9.21. The maximum absolute atomic E-state index is 13.3. The smallest absolute Gasteiger partial charge is 0.148 e. The molecule has 1 saturated heterocycles. The number of aliphatic hydroxyl groups excluding tert-OH is 1. The van der Waals surface area contributed by atoms with Gasteiger partial charge in [0.2, 0.25) is 0 Å². The predicted molar refractivity (Wildman–Crippen MR) is 102 cm³/mol. The van der Waals surface area contributed by atoms with Crippen LogP contribution in [0.25, 0.3) is 10.9 Å². The van der Waals surface area contributed by atoms with E-state index in [0.29, 0.717) is 11.8 Å². The summed E-state index contributed by atoms with van der Waals surface area (Å²) in [5.41, 5.74) is 0.987. The van der Waals surface area contributed by atoms with Crippen LogP contribution in [0.4, 0.5) is 4.39 Å². The third-order valence-electron chi connectivity index (χ3n) is 5.03. The van der Waals surface area contributed by atoms with Gasteiger partial charge >= 0.3 is 0 Å². The molecule has 1 aliphatic heterocycles. The van der Waals surface area contributed by atoms with E-state index in [1.807, 2.05) is 15.9 Å². The van der Waals surface area contributed by atoms with Gasteiger partial charge in [0.25, 0.3) is 0 Å². The molecule has 0 spiro atoms. The van der Waals surface area contributed by atoms with Crippen LogP contribution in [0.1, 0.15) is 25.8 Å². The summed E-state index contributed by atoms with van der Waals surface area (Å²) in [6.07, 6.45) is 3.74. The third-order valence-corrected chi connectivity index (χ3v) is 6.58. The molecule has 1 N–H and O–H groups in total. The van der Waals surface area contributed by atoms with Gasteiger partial charge in [-0.1, -0.05) is 0 Å². The Morgan fingerprint density at radius 3 is 2.85 bits per heavy atom. The molecule has 1 aromatic heterocycles. The normalized spacial score (nSPS) is 18.0. The highest BCUT2D eigenvalue weighted by molar-refractivity contribution is 7.89. The Morgan fingerprint density at radius 2 is 2.15 bits per heavy atom. The van der Waals surface area contributed by atoms with Crippen molar-refractivity contribution in [1.29, 1.82) is 0 Å². The highest BCUT2D eigenvalue weighted by Crippen LogP contribution is 2.26. The largest absolute Gasteiger partial charge is 0.598 e. The van der Waals surface area contributed by atoms with E-state index in [4.69, 9.17) is 5.11 Å². The second kappa shape index (κ2) is 9.14. The minimum absolute atomic E-state index is 0.0454. The van der Waals surface area contributed by atoms with E-state index in [1.165, 1.54) is 12.1 Å². The van der Waals surface area contributed by atoms with E-state index in [-0.39, 0.29) is 12.4 Å². The molecule has 0 bridgehead atoms. The zero-order valence-corrected chi connectivity index (χ0v) is 16.0. The standard InChI is InChI=1S/C18H27FN4O2S/c1-2-22(26(25)12-11-24)10-9-21-7-5-17(6-8-21)23-18-4-3-16(19)13-15(18)14-20-23/h3-4,13-14,17,24H,2,5-12H2,1H3. The van der Waals surface area contributed by atoms with Crippen molar-refractivity contribution in [1.82, 2.24) is 19.0 Å². The van der Waals surface area contributed by atoms with E-state index in [1.54, 1.807) is 12.3 Å². The van der Waals surface area contributed by atoms with Gasteiger partial charge in [-0.15, -0.1) is 4.31 Å². The van der Waals surface area contributed by atoms with Crippen molar-refractivity contribution in [3.8, 4) is 0 Å². The summed E-state index contributed by atoms with van der Waals surface area (Å²) >= 11 is -1.10. The number of hydrogen-bond acceptors (Lipinski definition) is 5. The van der Waals surface area contributed by atoms with Gasteiger partial charge in [0.05, 0.1) is 30.9 Å². The number of benzene rings is 1. The van der Waals surface area contributed by atoms with Crippen LogP contribution in [0.5, 0.6) is 0 Å². The van der Waals surface area contributed by atoms with Crippen molar-refractivity contribution in [2.24, 2.45) is 0 Å². The van der Waals surface area contributed by atoms with Crippen LogP contribution >= 0.6 is 0 Å². The fourth-order valence-corrected chi connectivity index (χ4v) is 4.55. The van der Waals surface area contributed by atoms with E-state index >= 15 is 0 Å². The maximum atomic E-state index is 13.3. The van der Waals surface area contributed by atoms with Crippen LogP contribution in [0, 0.1) is 5.82 Å². The van der Waals surface area contributed by atoms with Crippen LogP contribution in [0.3, 0.4) is 0 Å². The summed E-state index contributed by atoms with van der Waals surface area (Å²) in [6.45, 7) is 6.23. The number of likely N-dealkylation sites (tertiary alicyclic amines) is 1. The van der Waals surface area contributed by atoms with E-state index in [9.17, 15) is 8.94 Å². The Balaban J connectivity index is 1.52. The quantitative estimate of drug-likeness (QED) is 0.705. The second-order valence-electron chi connectivity index (χ2n) is 6.64. The van der Waals surface area contributed by atoms with Crippen LogP contribution < -0.4 is 0 Å². The van der Waals surface area contributed by atoms with Crippen molar-refractivity contribution in [2.75, 3.05) is 45.1 Å². The molecule has 0 aliphatic carbocycles. The predicted octanol–water partition coefficient (Wildman–Crippen LogP) is 1.79.